The van der Waals surface area contributed by atoms with Gasteiger partial charge in [0, 0.05) is 37.4 Å². The van der Waals surface area contributed by atoms with E-state index in [9.17, 15) is 14.4 Å². The summed E-state index contributed by atoms with van der Waals surface area (Å²) in [5, 5.41) is 2.68. The van der Waals surface area contributed by atoms with Gasteiger partial charge in [-0.05, 0) is 37.5 Å². The van der Waals surface area contributed by atoms with Gasteiger partial charge >= 0.3 is 0 Å². The normalized spacial score (nSPS) is 19.8. The summed E-state index contributed by atoms with van der Waals surface area (Å²) in [4.78, 5) is 36.4. The van der Waals surface area contributed by atoms with Crippen LogP contribution < -0.4 is 10.1 Å². The molecule has 0 spiro atoms. The van der Waals surface area contributed by atoms with Crippen LogP contribution in [0.25, 0.3) is 0 Å². The predicted molar refractivity (Wildman–Crippen MR) is 94.4 cm³/mol. The minimum atomic E-state index is -0.799. The van der Waals surface area contributed by atoms with Crippen LogP contribution in [-0.4, -0.2) is 31.1 Å². The molecule has 1 N–H and O–H groups in total. The van der Waals surface area contributed by atoms with Gasteiger partial charge in [0.15, 0.2) is 0 Å². The van der Waals surface area contributed by atoms with Crippen LogP contribution in [0.4, 0.5) is 0 Å². The van der Waals surface area contributed by atoms with E-state index in [-0.39, 0.29) is 36.2 Å². The van der Waals surface area contributed by atoms with E-state index in [2.05, 4.69) is 17.2 Å². The lowest BCUT2D eigenvalue weighted by molar-refractivity contribution is -0.134. The van der Waals surface area contributed by atoms with Gasteiger partial charge in [-0.2, -0.15) is 0 Å². The van der Waals surface area contributed by atoms with Gasteiger partial charge in [-0.1, -0.05) is 5.92 Å². The highest BCUT2D eigenvalue weighted by Gasteiger charge is 2.38. The molecule has 0 unspecified atom stereocenters. The number of methoxy groups -OCH3 is 1. The number of carbonyl (C=O) groups excluding carboxylic acids is 3. The molecule has 0 heterocycles. The van der Waals surface area contributed by atoms with Crippen LogP contribution in [0.5, 0.6) is 5.75 Å². The predicted octanol–water partition coefficient (Wildman–Crippen LogP) is 2.14. The zero-order chi connectivity index (χ0) is 18.6. The number of hydrogen-bond acceptors (Lipinski definition) is 4. The third kappa shape index (κ3) is 4.27. The summed E-state index contributed by atoms with van der Waals surface area (Å²) >= 11 is 0. The Balaban J connectivity index is 2.32. The number of Topliss-reactive ketones (excluding diaryl/α,β-unsaturated/α-hetero) is 2. The lowest BCUT2D eigenvalue weighted by Gasteiger charge is -2.28. The molecule has 5 heteroatoms. The molecule has 0 aliphatic heterocycles. The molecule has 2 rings (SSSR count). The van der Waals surface area contributed by atoms with E-state index in [1.165, 1.54) is 14.0 Å². The third-order valence-electron chi connectivity index (χ3n) is 4.39. The van der Waals surface area contributed by atoms with Gasteiger partial charge in [0.1, 0.15) is 23.2 Å². The monoisotopic (exact) mass is 341 g/mol. The molecule has 0 radical (unpaired) electrons. The largest absolute Gasteiger partial charge is 0.496 e. The number of rotatable bonds is 4. The molecule has 1 amide bonds. The second-order valence-corrected chi connectivity index (χ2v) is 6.36. The fourth-order valence-corrected chi connectivity index (χ4v) is 3.33. The Labute approximate surface area is 148 Å². The van der Waals surface area contributed by atoms with Gasteiger partial charge < -0.3 is 10.1 Å². The zero-order valence-corrected chi connectivity index (χ0v) is 15.1. The molecule has 25 heavy (non-hydrogen) atoms. The van der Waals surface area contributed by atoms with Gasteiger partial charge in [-0.25, -0.2) is 0 Å². The highest BCUT2D eigenvalue weighted by atomic mass is 16.5. The minimum Gasteiger partial charge on any atom is -0.496 e. The molecule has 0 atom stereocenters. The Hall–Kier alpha value is -2.61. The van der Waals surface area contributed by atoms with Crippen molar-refractivity contribution < 1.29 is 19.1 Å². The summed E-state index contributed by atoms with van der Waals surface area (Å²) in [6.45, 7) is 5.38. The topological polar surface area (TPSA) is 72.5 Å². The van der Waals surface area contributed by atoms with E-state index in [4.69, 9.17) is 4.74 Å². The summed E-state index contributed by atoms with van der Waals surface area (Å²) < 4.78 is 5.44. The Morgan fingerprint density at radius 2 is 1.92 bits per heavy atom. The van der Waals surface area contributed by atoms with Gasteiger partial charge in [0.2, 0.25) is 5.91 Å². The first-order valence-electron chi connectivity index (χ1n) is 8.28. The van der Waals surface area contributed by atoms with Crippen LogP contribution in [0.3, 0.4) is 0 Å². The summed E-state index contributed by atoms with van der Waals surface area (Å²) in [7, 11) is 1.53. The summed E-state index contributed by atoms with van der Waals surface area (Å²) in [6, 6.07) is 3.64. The fraction of sp³-hybridized carbons (Fsp3) is 0.450. The van der Waals surface area contributed by atoms with Crippen LogP contribution in [0.2, 0.25) is 0 Å². The van der Waals surface area contributed by atoms with Crippen molar-refractivity contribution in [3.8, 4) is 17.6 Å². The summed E-state index contributed by atoms with van der Waals surface area (Å²) in [5.41, 5.74) is 2.25. The lowest BCUT2D eigenvalue weighted by Crippen LogP contribution is -2.37. The van der Waals surface area contributed by atoms with Crippen molar-refractivity contribution in [1.29, 1.82) is 0 Å². The summed E-state index contributed by atoms with van der Waals surface area (Å²) in [5.74, 6) is 4.98. The quantitative estimate of drug-likeness (QED) is 0.673. The number of hydrogen-bond donors (Lipinski definition) is 1. The molecule has 132 valence electrons. The van der Waals surface area contributed by atoms with Crippen molar-refractivity contribution in [2.75, 3.05) is 13.7 Å². The van der Waals surface area contributed by atoms with Gasteiger partial charge in [-0.3, -0.25) is 14.4 Å². The maximum absolute atomic E-state index is 12.7. The number of aryl methyl sites for hydroxylation is 1. The van der Waals surface area contributed by atoms with Crippen LogP contribution in [0.1, 0.15) is 49.3 Å². The Morgan fingerprint density at radius 3 is 2.44 bits per heavy atom. The first-order valence-corrected chi connectivity index (χ1v) is 8.28. The number of amides is 1. The van der Waals surface area contributed by atoms with Crippen molar-refractivity contribution >= 4 is 17.5 Å². The first kappa shape index (κ1) is 18.7. The number of carbonyl (C=O) groups is 3. The van der Waals surface area contributed by atoms with Crippen LogP contribution in [-0.2, 0) is 14.4 Å². The molecule has 5 nitrogen and oxygen atoms in total. The van der Waals surface area contributed by atoms with Crippen molar-refractivity contribution in [3.05, 3.63) is 28.8 Å². The Morgan fingerprint density at radius 1 is 1.28 bits per heavy atom. The molecule has 0 bridgehead atoms. The van der Waals surface area contributed by atoms with E-state index in [1.807, 2.05) is 13.0 Å². The average molecular weight is 341 g/mol. The summed E-state index contributed by atoms with van der Waals surface area (Å²) in [6.07, 6.45) is 0.547. The standard InChI is InChI=1S/C20H23NO4/c1-5-6-14-7-12(2)19(18(10-14)25-4)20-16(23)8-15(9-17(20)24)11-21-13(3)22/h7,10,15,20H,8-9,11H2,1-4H3,(H,21,22). The van der Waals surface area contributed by atoms with Gasteiger partial charge in [-0.15, -0.1) is 5.92 Å². The third-order valence-corrected chi connectivity index (χ3v) is 4.39. The van der Waals surface area contributed by atoms with E-state index < -0.39 is 5.92 Å². The molecule has 0 aromatic heterocycles. The number of ether oxygens (including phenoxy) is 1. The number of nitrogens with one attached hydrogen (secondary N) is 1. The minimum absolute atomic E-state index is 0.123. The van der Waals surface area contributed by atoms with Crippen molar-refractivity contribution in [1.82, 2.24) is 5.32 Å². The van der Waals surface area contributed by atoms with E-state index >= 15 is 0 Å². The smallest absolute Gasteiger partial charge is 0.216 e. The highest BCUT2D eigenvalue weighted by molar-refractivity contribution is 6.10. The second kappa shape index (κ2) is 7.98. The lowest BCUT2D eigenvalue weighted by atomic mass is 9.75. The zero-order valence-electron chi connectivity index (χ0n) is 15.1. The molecular weight excluding hydrogens is 318 g/mol. The molecule has 1 aliphatic rings. The van der Waals surface area contributed by atoms with Crippen molar-refractivity contribution in [3.63, 3.8) is 0 Å². The van der Waals surface area contributed by atoms with E-state index in [1.54, 1.807) is 13.0 Å². The molecule has 1 aromatic carbocycles. The SMILES string of the molecule is CC#Cc1cc(C)c(C2C(=O)CC(CNC(C)=O)CC2=O)c(OC)c1. The van der Waals surface area contributed by atoms with Gasteiger partial charge in [0.25, 0.3) is 0 Å². The number of benzene rings is 1. The molecule has 1 fully saturated rings. The van der Waals surface area contributed by atoms with E-state index in [0.717, 1.165) is 11.1 Å². The molecule has 1 aromatic rings. The second-order valence-electron chi connectivity index (χ2n) is 6.36. The number of ketones is 2. The Kier molecular flexibility index (Phi) is 5.97. The van der Waals surface area contributed by atoms with Crippen LogP contribution in [0, 0.1) is 24.7 Å². The van der Waals surface area contributed by atoms with Crippen LogP contribution in [0.15, 0.2) is 12.1 Å². The van der Waals surface area contributed by atoms with Crippen LogP contribution >= 0.6 is 0 Å². The molecule has 1 saturated carbocycles. The average Bonchev–Trinajstić information content (AvgIpc) is 2.54. The van der Waals surface area contributed by atoms with Gasteiger partial charge in [0.05, 0.1) is 7.11 Å². The maximum Gasteiger partial charge on any atom is 0.216 e. The van der Waals surface area contributed by atoms with Crippen molar-refractivity contribution in [2.24, 2.45) is 5.92 Å². The molecule has 0 saturated heterocycles. The fourth-order valence-electron chi connectivity index (χ4n) is 3.33. The highest BCUT2D eigenvalue weighted by Crippen LogP contribution is 2.37. The maximum atomic E-state index is 12.7. The molecular formula is C20H23NO4. The van der Waals surface area contributed by atoms with E-state index in [0.29, 0.717) is 17.9 Å². The molecule has 1 aliphatic carbocycles. The van der Waals surface area contributed by atoms with Crippen molar-refractivity contribution in [2.45, 2.75) is 39.5 Å². The first-order chi connectivity index (χ1) is 11.9. The Bertz CT molecular complexity index is 752.